The highest BCUT2D eigenvalue weighted by atomic mass is 16.6. The van der Waals surface area contributed by atoms with Gasteiger partial charge in [0, 0.05) is 43.4 Å². The average molecular weight is 444 g/mol. The van der Waals surface area contributed by atoms with Gasteiger partial charge in [-0.2, -0.15) is 0 Å². The van der Waals surface area contributed by atoms with E-state index in [1.54, 1.807) is 30.2 Å². The molecule has 0 saturated carbocycles. The van der Waals surface area contributed by atoms with E-state index in [1.807, 2.05) is 65.6 Å². The fourth-order valence-corrected chi connectivity index (χ4v) is 4.03. The molecule has 0 aromatic heterocycles. The highest BCUT2D eigenvalue weighted by molar-refractivity contribution is 6.24. The van der Waals surface area contributed by atoms with Gasteiger partial charge in [-0.3, -0.25) is 14.9 Å². The highest BCUT2D eigenvalue weighted by Crippen LogP contribution is 2.30. The van der Waals surface area contributed by atoms with E-state index < -0.39 is 0 Å². The molecule has 1 aliphatic rings. The van der Waals surface area contributed by atoms with Crippen molar-refractivity contribution in [3.8, 4) is 5.75 Å². The number of piperazine rings is 1. The van der Waals surface area contributed by atoms with Crippen molar-refractivity contribution >= 4 is 28.9 Å². The zero-order valence-corrected chi connectivity index (χ0v) is 18.4. The molecular weight excluding hydrogens is 418 g/mol. The summed E-state index contributed by atoms with van der Waals surface area (Å²) >= 11 is 0. The molecule has 4 rings (SSSR count). The topological polar surface area (TPSA) is 75.9 Å². The second kappa shape index (κ2) is 9.99. The van der Waals surface area contributed by atoms with Crippen molar-refractivity contribution in [1.29, 1.82) is 0 Å². The summed E-state index contributed by atoms with van der Waals surface area (Å²) in [5.41, 5.74) is 2.90. The lowest BCUT2D eigenvalue weighted by Crippen LogP contribution is -2.49. The van der Waals surface area contributed by atoms with Crippen molar-refractivity contribution in [2.75, 3.05) is 38.2 Å². The molecule has 1 fully saturated rings. The summed E-state index contributed by atoms with van der Waals surface area (Å²) < 4.78 is 5.47. The fraction of sp³-hybridized carbons (Fsp3) is 0.192. The third kappa shape index (κ3) is 4.87. The van der Waals surface area contributed by atoms with Gasteiger partial charge in [0.05, 0.1) is 12.0 Å². The van der Waals surface area contributed by atoms with Gasteiger partial charge in [-0.05, 0) is 23.8 Å². The lowest BCUT2D eigenvalue weighted by Gasteiger charge is -2.36. The number of nitrogens with zero attached hydrogens (tertiary/aromatic N) is 3. The van der Waals surface area contributed by atoms with Crippen molar-refractivity contribution in [1.82, 2.24) is 4.90 Å². The number of para-hydroxylation sites is 3. The molecule has 7 heteroatoms. The minimum absolute atomic E-state index is 0.0747. The average Bonchev–Trinajstić information content (AvgIpc) is 2.87. The van der Waals surface area contributed by atoms with E-state index in [2.05, 4.69) is 0 Å². The van der Waals surface area contributed by atoms with Crippen LogP contribution in [-0.4, -0.2) is 49.0 Å². The van der Waals surface area contributed by atoms with Gasteiger partial charge >= 0.3 is 0 Å². The molecule has 1 heterocycles. The minimum atomic E-state index is -0.365. The number of rotatable bonds is 6. The van der Waals surface area contributed by atoms with Crippen LogP contribution in [0.3, 0.4) is 0 Å². The molecule has 168 valence electrons. The molecule has 0 radical (unpaired) electrons. The van der Waals surface area contributed by atoms with E-state index in [-0.39, 0.29) is 16.5 Å². The van der Waals surface area contributed by atoms with Crippen LogP contribution in [0, 0.1) is 10.1 Å². The summed E-state index contributed by atoms with van der Waals surface area (Å²) in [6.07, 6.45) is 1.87. The molecule has 3 aromatic rings. The predicted molar refractivity (Wildman–Crippen MR) is 129 cm³/mol. The van der Waals surface area contributed by atoms with Gasteiger partial charge in [-0.15, -0.1) is 0 Å². The monoisotopic (exact) mass is 443 g/mol. The van der Waals surface area contributed by atoms with Crippen molar-refractivity contribution in [2.24, 2.45) is 0 Å². The first-order valence-corrected chi connectivity index (χ1v) is 10.8. The van der Waals surface area contributed by atoms with E-state index in [0.717, 1.165) is 11.1 Å². The summed E-state index contributed by atoms with van der Waals surface area (Å²) in [5.74, 6) is 0.620. The lowest BCUT2D eigenvalue weighted by molar-refractivity contribution is -0.384. The Morgan fingerprint density at radius 1 is 0.909 bits per heavy atom. The number of hydrogen-bond donors (Lipinski definition) is 0. The molecule has 1 amide bonds. The van der Waals surface area contributed by atoms with Gasteiger partial charge in [0.25, 0.3) is 11.6 Å². The zero-order chi connectivity index (χ0) is 23.2. The number of hydrogen-bond acceptors (Lipinski definition) is 5. The molecule has 7 nitrogen and oxygen atoms in total. The van der Waals surface area contributed by atoms with E-state index in [4.69, 9.17) is 4.74 Å². The van der Waals surface area contributed by atoms with E-state index in [9.17, 15) is 14.9 Å². The van der Waals surface area contributed by atoms with Gasteiger partial charge < -0.3 is 14.5 Å². The van der Waals surface area contributed by atoms with E-state index in [1.165, 1.54) is 6.07 Å². The van der Waals surface area contributed by atoms with Gasteiger partial charge in [0.15, 0.2) is 0 Å². The summed E-state index contributed by atoms with van der Waals surface area (Å²) in [6, 6.07) is 23.9. The van der Waals surface area contributed by atoms with Gasteiger partial charge in [0.2, 0.25) is 0 Å². The van der Waals surface area contributed by atoms with Crippen LogP contribution in [0.4, 0.5) is 11.4 Å². The highest BCUT2D eigenvalue weighted by Gasteiger charge is 2.27. The van der Waals surface area contributed by atoms with Crippen LogP contribution in [0.25, 0.3) is 11.6 Å². The number of carbonyl (C=O) groups is 1. The predicted octanol–water partition coefficient (Wildman–Crippen LogP) is 4.49. The number of methoxy groups -OCH3 is 1. The molecule has 0 N–H and O–H groups in total. The minimum Gasteiger partial charge on any atom is -0.496 e. The molecule has 33 heavy (non-hydrogen) atoms. The van der Waals surface area contributed by atoms with Gasteiger partial charge in [-0.25, -0.2) is 0 Å². The number of nitro groups is 1. The first kappa shape index (κ1) is 22.1. The Kier molecular flexibility index (Phi) is 6.69. The number of anilines is 1. The molecule has 0 bridgehead atoms. The van der Waals surface area contributed by atoms with Gasteiger partial charge in [-0.1, -0.05) is 60.7 Å². The van der Waals surface area contributed by atoms with Crippen molar-refractivity contribution in [3.63, 3.8) is 0 Å². The Morgan fingerprint density at radius 2 is 1.55 bits per heavy atom. The zero-order valence-electron chi connectivity index (χ0n) is 18.4. The quantitative estimate of drug-likeness (QED) is 0.243. The van der Waals surface area contributed by atoms with Crippen LogP contribution < -0.4 is 9.64 Å². The standard InChI is InChI=1S/C26H25N3O4/c1-33-25-14-8-5-11-21(25)19-22(20-9-3-2-4-10-20)26(30)28-17-15-27(16-18-28)23-12-6-7-13-24(23)29(31)32/h2-14,19H,15-18H2,1H3/b22-19+. The molecule has 1 saturated heterocycles. The molecule has 0 aliphatic carbocycles. The van der Waals surface area contributed by atoms with Crippen LogP contribution in [0.15, 0.2) is 78.9 Å². The summed E-state index contributed by atoms with van der Waals surface area (Å²) in [7, 11) is 1.61. The summed E-state index contributed by atoms with van der Waals surface area (Å²) in [6.45, 7) is 1.99. The molecule has 0 unspecified atom stereocenters. The third-order valence-corrected chi connectivity index (χ3v) is 5.74. The smallest absolute Gasteiger partial charge is 0.292 e. The van der Waals surface area contributed by atoms with Crippen molar-refractivity contribution in [3.05, 3.63) is 100 Å². The Balaban J connectivity index is 1.59. The van der Waals surface area contributed by atoms with Crippen LogP contribution in [0.2, 0.25) is 0 Å². The Hall–Kier alpha value is -4.13. The van der Waals surface area contributed by atoms with Crippen LogP contribution in [0.1, 0.15) is 11.1 Å². The summed E-state index contributed by atoms with van der Waals surface area (Å²) in [5, 5.41) is 11.4. The normalized spacial score (nSPS) is 14.2. The largest absolute Gasteiger partial charge is 0.496 e. The SMILES string of the molecule is COc1ccccc1/C=C(/C(=O)N1CCN(c2ccccc2[N+](=O)[O-])CC1)c1ccccc1. The number of nitro benzene ring substituents is 1. The maximum atomic E-state index is 13.6. The van der Waals surface area contributed by atoms with Crippen molar-refractivity contribution in [2.45, 2.75) is 0 Å². The number of ether oxygens (including phenoxy) is 1. The first-order valence-electron chi connectivity index (χ1n) is 10.8. The number of carbonyl (C=O) groups excluding carboxylic acids is 1. The second-order valence-corrected chi connectivity index (χ2v) is 7.69. The second-order valence-electron chi connectivity index (χ2n) is 7.69. The van der Waals surface area contributed by atoms with Crippen LogP contribution >= 0.6 is 0 Å². The molecule has 1 aliphatic heterocycles. The maximum Gasteiger partial charge on any atom is 0.292 e. The molecule has 0 spiro atoms. The third-order valence-electron chi connectivity index (χ3n) is 5.74. The van der Waals surface area contributed by atoms with Crippen LogP contribution in [-0.2, 0) is 4.79 Å². The summed E-state index contributed by atoms with van der Waals surface area (Å²) in [4.78, 5) is 28.4. The molecular formula is C26H25N3O4. The number of amides is 1. The Bertz CT molecular complexity index is 1170. The maximum absolute atomic E-state index is 13.6. The van der Waals surface area contributed by atoms with Crippen molar-refractivity contribution < 1.29 is 14.5 Å². The fourth-order valence-electron chi connectivity index (χ4n) is 4.03. The van der Waals surface area contributed by atoms with E-state index >= 15 is 0 Å². The van der Waals surface area contributed by atoms with Gasteiger partial charge in [0.1, 0.15) is 11.4 Å². The Morgan fingerprint density at radius 3 is 2.24 bits per heavy atom. The lowest BCUT2D eigenvalue weighted by atomic mass is 10.0. The molecule has 0 atom stereocenters. The van der Waals surface area contributed by atoms with E-state index in [0.29, 0.717) is 43.2 Å². The van der Waals surface area contributed by atoms with Crippen LogP contribution in [0.5, 0.6) is 5.75 Å². The number of benzene rings is 3. The first-order chi connectivity index (χ1) is 16.1. The molecule has 3 aromatic carbocycles. The Labute approximate surface area is 192 Å².